The van der Waals surface area contributed by atoms with E-state index in [0.717, 1.165) is 24.1 Å². The van der Waals surface area contributed by atoms with Crippen molar-refractivity contribution in [2.75, 3.05) is 13.6 Å². The molecule has 0 aliphatic carbocycles. The Morgan fingerprint density at radius 1 is 1.12 bits per heavy atom. The van der Waals surface area contributed by atoms with Crippen LogP contribution < -0.4 is 10.6 Å². The minimum Gasteiger partial charge on any atom is -0.361 e. The molecule has 136 valence electrons. The van der Waals surface area contributed by atoms with E-state index in [4.69, 9.17) is 0 Å². The van der Waals surface area contributed by atoms with Gasteiger partial charge in [0.1, 0.15) is 11.6 Å². The van der Waals surface area contributed by atoms with Crippen LogP contribution in [-0.2, 0) is 13.0 Å². The van der Waals surface area contributed by atoms with Crippen LogP contribution in [0.25, 0.3) is 10.9 Å². The fourth-order valence-corrected chi connectivity index (χ4v) is 2.96. The van der Waals surface area contributed by atoms with Crippen LogP contribution in [0, 0.1) is 18.6 Å². The second-order valence-electron chi connectivity index (χ2n) is 6.15. The Bertz CT molecular complexity index is 931. The number of halogens is 2. The van der Waals surface area contributed by atoms with Gasteiger partial charge in [0.05, 0.1) is 0 Å². The first-order valence-electron chi connectivity index (χ1n) is 8.52. The fourth-order valence-electron chi connectivity index (χ4n) is 2.96. The molecular formula is C20H22F2N4. The number of guanidine groups is 1. The van der Waals surface area contributed by atoms with Gasteiger partial charge in [0.25, 0.3) is 0 Å². The molecule has 4 nitrogen and oxygen atoms in total. The zero-order valence-corrected chi connectivity index (χ0v) is 14.9. The highest BCUT2D eigenvalue weighted by Gasteiger charge is 2.07. The van der Waals surface area contributed by atoms with Gasteiger partial charge in [-0.05, 0) is 42.7 Å². The first kappa shape index (κ1) is 17.9. The molecule has 2 aromatic carbocycles. The van der Waals surface area contributed by atoms with Crippen molar-refractivity contribution in [2.24, 2.45) is 4.99 Å². The lowest BCUT2D eigenvalue weighted by molar-refractivity contribution is 0.581. The smallest absolute Gasteiger partial charge is 0.191 e. The first-order valence-corrected chi connectivity index (χ1v) is 8.52. The number of H-pyrrole nitrogens is 1. The highest BCUT2D eigenvalue weighted by Crippen LogP contribution is 2.21. The molecule has 6 heteroatoms. The monoisotopic (exact) mass is 356 g/mol. The number of para-hydroxylation sites is 1. The lowest BCUT2D eigenvalue weighted by Crippen LogP contribution is -2.38. The van der Waals surface area contributed by atoms with Gasteiger partial charge in [0.2, 0.25) is 0 Å². The van der Waals surface area contributed by atoms with E-state index in [0.29, 0.717) is 12.5 Å². The molecule has 3 rings (SSSR count). The predicted octanol–water partition coefficient (Wildman–Crippen LogP) is 3.66. The number of rotatable bonds is 5. The molecule has 3 N–H and O–H groups in total. The third-order valence-corrected chi connectivity index (χ3v) is 4.37. The average molecular weight is 356 g/mol. The van der Waals surface area contributed by atoms with Gasteiger partial charge in [-0.1, -0.05) is 18.2 Å². The fraction of sp³-hybridized carbons (Fsp3) is 0.250. The van der Waals surface area contributed by atoms with Crippen molar-refractivity contribution in [3.05, 3.63) is 70.9 Å². The second kappa shape index (κ2) is 7.99. The normalized spacial score (nSPS) is 11.8. The molecule has 0 saturated carbocycles. The molecule has 0 unspecified atom stereocenters. The van der Waals surface area contributed by atoms with E-state index in [9.17, 15) is 8.78 Å². The van der Waals surface area contributed by atoms with Crippen molar-refractivity contribution in [1.82, 2.24) is 15.6 Å². The van der Waals surface area contributed by atoms with E-state index >= 15 is 0 Å². The standard InChI is InChI=1S/C20H22F2N4/c1-13-4-3-5-17-14(11-25-19(13)17)8-9-24-20(23-2)26-12-15-10-16(21)6-7-18(15)22/h3-7,10-11,25H,8-9,12H2,1-2H3,(H2,23,24,26). The molecule has 1 heterocycles. The molecule has 0 aliphatic heterocycles. The minimum atomic E-state index is -0.458. The highest BCUT2D eigenvalue weighted by molar-refractivity contribution is 5.86. The Balaban J connectivity index is 1.56. The maximum absolute atomic E-state index is 13.7. The lowest BCUT2D eigenvalue weighted by Gasteiger charge is -2.12. The number of nitrogens with zero attached hydrogens (tertiary/aromatic N) is 1. The number of fused-ring (bicyclic) bond motifs is 1. The summed E-state index contributed by atoms with van der Waals surface area (Å²) in [6.45, 7) is 2.92. The largest absolute Gasteiger partial charge is 0.361 e. The Hall–Kier alpha value is -2.89. The van der Waals surface area contributed by atoms with Gasteiger partial charge < -0.3 is 15.6 Å². The molecular weight excluding hydrogens is 334 g/mol. The van der Waals surface area contributed by atoms with E-state index in [2.05, 4.69) is 45.7 Å². The number of hydrogen-bond donors (Lipinski definition) is 3. The maximum atomic E-state index is 13.7. The topological polar surface area (TPSA) is 52.2 Å². The molecule has 26 heavy (non-hydrogen) atoms. The van der Waals surface area contributed by atoms with Gasteiger partial charge in [0.15, 0.2) is 5.96 Å². The first-order chi connectivity index (χ1) is 12.6. The van der Waals surface area contributed by atoms with Crippen LogP contribution in [0.3, 0.4) is 0 Å². The second-order valence-corrected chi connectivity index (χ2v) is 6.15. The molecule has 0 saturated heterocycles. The van der Waals surface area contributed by atoms with Gasteiger partial charge in [0, 0.05) is 42.8 Å². The van der Waals surface area contributed by atoms with Gasteiger partial charge in [-0.3, -0.25) is 4.99 Å². The summed E-state index contributed by atoms with van der Waals surface area (Å²) in [6, 6.07) is 9.66. The summed E-state index contributed by atoms with van der Waals surface area (Å²) >= 11 is 0. The predicted molar refractivity (Wildman–Crippen MR) is 101 cm³/mol. The van der Waals surface area contributed by atoms with E-state index in [1.165, 1.54) is 22.6 Å². The molecule has 0 radical (unpaired) electrons. The summed E-state index contributed by atoms with van der Waals surface area (Å²) in [5.41, 5.74) is 3.87. The van der Waals surface area contributed by atoms with E-state index in [1.807, 2.05) is 6.20 Å². The number of aromatic nitrogens is 1. The Kier molecular flexibility index (Phi) is 5.51. The van der Waals surface area contributed by atoms with Gasteiger partial charge >= 0.3 is 0 Å². The Morgan fingerprint density at radius 2 is 1.96 bits per heavy atom. The highest BCUT2D eigenvalue weighted by atomic mass is 19.1. The Labute approximate surface area is 151 Å². The lowest BCUT2D eigenvalue weighted by atomic mass is 10.1. The number of aryl methyl sites for hydroxylation is 1. The summed E-state index contributed by atoms with van der Waals surface area (Å²) in [4.78, 5) is 7.44. The van der Waals surface area contributed by atoms with Crippen LogP contribution in [0.15, 0.2) is 47.6 Å². The maximum Gasteiger partial charge on any atom is 0.191 e. The summed E-state index contributed by atoms with van der Waals surface area (Å²) < 4.78 is 26.9. The number of nitrogens with one attached hydrogen (secondary N) is 3. The molecule has 0 atom stereocenters. The molecule has 0 amide bonds. The van der Waals surface area contributed by atoms with Crippen LogP contribution in [0.4, 0.5) is 8.78 Å². The van der Waals surface area contributed by atoms with Crippen LogP contribution >= 0.6 is 0 Å². The molecule has 0 spiro atoms. The molecule has 0 aliphatic rings. The third kappa shape index (κ3) is 4.02. The van der Waals surface area contributed by atoms with Crippen molar-refractivity contribution in [1.29, 1.82) is 0 Å². The zero-order valence-electron chi connectivity index (χ0n) is 14.9. The van der Waals surface area contributed by atoms with Crippen LogP contribution in [0.2, 0.25) is 0 Å². The zero-order chi connectivity index (χ0) is 18.5. The molecule has 0 fully saturated rings. The van der Waals surface area contributed by atoms with E-state index < -0.39 is 11.6 Å². The summed E-state index contributed by atoms with van der Waals surface area (Å²) in [7, 11) is 1.65. The molecule has 1 aromatic heterocycles. The number of benzene rings is 2. The summed E-state index contributed by atoms with van der Waals surface area (Å²) in [5, 5.41) is 7.42. The van der Waals surface area contributed by atoms with Crippen molar-refractivity contribution < 1.29 is 8.78 Å². The van der Waals surface area contributed by atoms with Crippen molar-refractivity contribution >= 4 is 16.9 Å². The quantitative estimate of drug-likeness (QED) is 0.483. The van der Waals surface area contributed by atoms with Gasteiger partial charge in [-0.2, -0.15) is 0 Å². The van der Waals surface area contributed by atoms with Crippen molar-refractivity contribution in [3.63, 3.8) is 0 Å². The van der Waals surface area contributed by atoms with Crippen LogP contribution in [0.5, 0.6) is 0 Å². The SMILES string of the molecule is CN=C(NCCc1c[nH]c2c(C)cccc12)NCc1cc(F)ccc1F. The van der Waals surface area contributed by atoms with E-state index in [1.54, 1.807) is 7.05 Å². The van der Waals surface area contributed by atoms with Crippen LogP contribution in [0.1, 0.15) is 16.7 Å². The van der Waals surface area contributed by atoms with Gasteiger partial charge in [-0.25, -0.2) is 8.78 Å². The average Bonchev–Trinajstić information content (AvgIpc) is 3.05. The van der Waals surface area contributed by atoms with Gasteiger partial charge in [-0.15, -0.1) is 0 Å². The molecule has 3 aromatic rings. The number of aliphatic imine (C=N–C) groups is 1. The van der Waals surface area contributed by atoms with E-state index in [-0.39, 0.29) is 12.1 Å². The van der Waals surface area contributed by atoms with Crippen LogP contribution in [-0.4, -0.2) is 24.5 Å². The summed E-state index contributed by atoms with van der Waals surface area (Å²) in [5.74, 6) is -0.353. The Morgan fingerprint density at radius 3 is 2.77 bits per heavy atom. The number of hydrogen-bond acceptors (Lipinski definition) is 1. The number of aromatic amines is 1. The van der Waals surface area contributed by atoms with Crippen molar-refractivity contribution in [2.45, 2.75) is 19.9 Å². The third-order valence-electron chi connectivity index (χ3n) is 4.37. The minimum absolute atomic E-state index is 0.162. The summed E-state index contributed by atoms with van der Waals surface area (Å²) in [6.07, 6.45) is 2.84. The molecule has 0 bridgehead atoms. The van der Waals surface area contributed by atoms with Crippen molar-refractivity contribution in [3.8, 4) is 0 Å².